The second-order valence-corrected chi connectivity index (χ2v) is 25.0. The van der Waals surface area contributed by atoms with E-state index in [0.29, 0.717) is 11.1 Å². The molecule has 0 saturated carbocycles. The Morgan fingerprint density at radius 2 is 0.893 bits per heavy atom. The minimum Gasteiger partial charge on any atom is -0.508 e. The molecule has 38 nitrogen and oxygen atoms in total. The number of phenolic OH excluding ortho intramolecular Hbond substituents is 1. The van der Waals surface area contributed by atoms with E-state index in [1.165, 1.54) is 43.3 Å². The van der Waals surface area contributed by atoms with Crippen LogP contribution < -0.4 is 64.6 Å². The fraction of sp³-hybridized carbons (Fsp3) is 0.538. The molecule has 12 amide bonds. The zero-order valence-electron chi connectivity index (χ0n) is 57.0. The van der Waals surface area contributed by atoms with Crippen LogP contribution in [0.3, 0.4) is 0 Å². The number of hydrogen-bond acceptors (Lipinski definition) is 20. The number of primary amides is 1. The maximum absolute atomic E-state index is 14.8. The maximum atomic E-state index is 14.8. The highest BCUT2D eigenvalue weighted by atomic mass is 16.4. The van der Waals surface area contributed by atoms with Gasteiger partial charge in [0, 0.05) is 45.1 Å². The van der Waals surface area contributed by atoms with Crippen molar-refractivity contribution in [3.05, 3.63) is 65.7 Å². The van der Waals surface area contributed by atoms with Crippen molar-refractivity contribution in [2.24, 2.45) is 23.3 Å². The number of hydrogen-bond donors (Lipinski definition) is 19. The maximum Gasteiger partial charge on any atom is 0.326 e. The number of carboxylic acid groups (broad SMARTS) is 6. The van der Waals surface area contributed by atoms with E-state index in [-0.39, 0.29) is 50.3 Å². The molecule has 1 fully saturated rings. The Morgan fingerprint density at radius 3 is 1.31 bits per heavy atom. The van der Waals surface area contributed by atoms with Gasteiger partial charge in [0.15, 0.2) is 0 Å². The minimum absolute atomic E-state index is 0.0354. The van der Waals surface area contributed by atoms with Crippen molar-refractivity contribution < 1.29 is 122 Å². The molecule has 21 N–H and O–H groups in total. The summed E-state index contributed by atoms with van der Waals surface area (Å²) in [7, 11) is 0. The number of rotatable bonds is 46. The molecule has 0 bridgehead atoms. The van der Waals surface area contributed by atoms with Crippen molar-refractivity contribution >= 4 is 107 Å². The third-order valence-corrected chi connectivity index (χ3v) is 16.2. The normalized spacial score (nSPS) is 15.7. The summed E-state index contributed by atoms with van der Waals surface area (Å²) in [5.41, 5.74) is 11.3. The number of likely N-dealkylation sites (tertiary alicyclic amines) is 1. The Labute approximate surface area is 589 Å². The number of aliphatic carboxylic acids is 6. The summed E-state index contributed by atoms with van der Waals surface area (Å²) in [6.45, 7) is 5.45. The fourth-order valence-corrected chi connectivity index (χ4v) is 10.5. The summed E-state index contributed by atoms with van der Waals surface area (Å²) in [5, 5.41) is 91.4. The molecule has 38 heteroatoms. The van der Waals surface area contributed by atoms with Crippen molar-refractivity contribution in [1.29, 1.82) is 0 Å². The molecular formula is C65H91N13O25. The number of nitrogens with one attached hydrogen (secondary N) is 10. The largest absolute Gasteiger partial charge is 0.508 e. The molecule has 2 aromatic rings. The molecule has 103 heavy (non-hydrogen) atoms. The second kappa shape index (κ2) is 42.7. The lowest BCUT2D eigenvalue weighted by Gasteiger charge is -2.33. The zero-order valence-corrected chi connectivity index (χ0v) is 57.0. The van der Waals surface area contributed by atoms with E-state index in [4.69, 9.17) is 11.5 Å². The fourth-order valence-electron chi connectivity index (χ4n) is 10.5. The van der Waals surface area contributed by atoms with Gasteiger partial charge in [-0.2, -0.15) is 0 Å². The first-order valence-electron chi connectivity index (χ1n) is 32.9. The molecule has 0 unspecified atom stereocenters. The number of nitrogens with two attached hydrogens (primary N) is 2. The summed E-state index contributed by atoms with van der Waals surface area (Å²) >= 11 is 0. The van der Waals surface area contributed by atoms with Gasteiger partial charge >= 0.3 is 35.8 Å². The van der Waals surface area contributed by atoms with Crippen LogP contribution in [0.5, 0.6) is 5.75 Å². The lowest BCUT2D eigenvalue weighted by molar-refractivity contribution is -0.144. The lowest BCUT2D eigenvalue weighted by atomic mass is 9.96. The molecule has 0 aromatic heterocycles. The molecule has 566 valence electrons. The molecule has 1 aliphatic rings. The van der Waals surface area contributed by atoms with Gasteiger partial charge in [-0.15, -0.1) is 0 Å². The van der Waals surface area contributed by atoms with Gasteiger partial charge in [-0.3, -0.25) is 81.5 Å². The number of nitrogens with zero attached hydrogens (tertiary/aromatic N) is 1. The predicted molar refractivity (Wildman–Crippen MR) is 355 cm³/mol. The molecular weight excluding hydrogens is 1360 g/mol. The molecule has 1 aliphatic heterocycles. The first kappa shape index (κ1) is 85.9. The monoisotopic (exact) mass is 1450 g/mol. The van der Waals surface area contributed by atoms with Crippen LogP contribution >= 0.6 is 0 Å². The van der Waals surface area contributed by atoms with Crippen LogP contribution in [0, 0.1) is 11.8 Å². The second-order valence-electron chi connectivity index (χ2n) is 25.0. The van der Waals surface area contributed by atoms with Gasteiger partial charge in [-0.05, 0) is 80.0 Å². The number of carboxylic acids is 6. The average molecular weight is 1450 g/mol. The Balaban J connectivity index is 1.96. The number of phenols is 1. The minimum atomic E-state index is -1.96. The van der Waals surface area contributed by atoms with Crippen molar-refractivity contribution in [1.82, 2.24) is 58.1 Å². The van der Waals surface area contributed by atoms with Crippen LogP contribution in [-0.4, -0.2) is 227 Å². The molecule has 0 spiro atoms. The first-order valence-corrected chi connectivity index (χ1v) is 32.9. The molecule has 0 aliphatic carbocycles. The summed E-state index contributed by atoms with van der Waals surface area (Å²) in [6, 6.07) is -5.74. The van der Waals surface area contributed by atoms with E-state index in [1.54, 1.807) is 39.0 Å². The number of benzene rings is 2. The molecule has 0 radical (unpaired) electrons. The van der Waals surface area contributed by atoms with Crippen LogP contribution in [0.1, 0.15) is 129 Å². The quantitative estimate of drug-likeness (QED) is 0.0300. The van der Waals surface area contributed by atoms with E-state index in [1.807, 2.05) is 0 Å². The predicted octanol–water partition coefficient (Wildman–Crippen LogP) is -4.04. The molecule has 1 heterocycles. The Hall–Kier alpha value is -11.3. The lowest BCUT2D eigenvalue weighted by Crippen LogP contribution is -2.61. The van der Waals surface area contributed by atoms with Gasteiger partial charge < -0.3 is 105 Å². The highest BCUT2D eigenvalue weighted by Crippen LogP contribution is 2.23. The zero-order chi connectivity index (χ0) is 77.4. The summed E-state index contributed by atoms with van der Waals surface area (Å²) in [4.78, 5) is 238. The number of amides is 12. The van der Waals surface area contributed by atoms with Gasteiger partial charge in [-0.25, -0.2) is 4.79 Å². The number of carbonyl (C=O) groups excluding carboxylic acids is 12. The van der Waals surface area contributed by atoms with Crippen molar-refractivity contribution in [3.63, 3.8) is 0 Å². The van der Waals surface area contributed by atoms with Gasteiger partial charge in [0.2, 0.25) is 70.9 Å². The summed E-state index contributed by atoms with van der Waals surface area (Å²) in [5.74, 6) is -23.7. The SMILES string of the molecule is CC[C@H](C)[C@H](NC(=O)[C@H](CCC(=O)O)NC(=O)[C@H](CCC(=O)O)NC(=O)[C@H](Cc1ccccc1)NC(=O)[C@H](CC(=O)O)NC(=O)CNC(=O)[C@@H](N)CC(N)=O)C(=O)N1CCC[C@H]1C(=O)N[C@@H](CCC(=O)O)C(=O)N[C@@H](CCC(=O)O)C(=O)N[C@@H](Cc1ccc(O)cc1)C(=O)N[C@@H](CC(C)C)C(=O)O. The third kappa shape index (κ3) is 31.0. The molecule has 1 saturated heterocycles. The molecule has 2 aromatic carbocycles. The highest BCUT2D eigenvalue weighted by Gasteiger charge is 2.42. The standard InChI is InChI=1S/C65H91N13O25/c1-5-33(4)54(64(101)78-25-9-12-46(78)63(100)73-40(19-23-51(86)87)57(94)70-39(18-22-50(84)85)58(95)74-43(28-35-13-15-36(79)16-14-35)61(98)76-45(65(102)103)26-32(2)3)77-59(96)41(20-24-52(88)89)71-56(93)38(17-21-49(82)83)72-60(97)42(27-34-10-7-6-8-11-34)75-62(99)44(30-53(90)91)69-48(81)31-68-55(92)37(66)29-47(67)80/h6-8,10-11,13-16,32-33,37-46,54,79H,5,9,12,17-31,66H2,1-4H3,(H2,67,80)(H,68,92)(H,69,81)(H,70,94)(H,71,93)(H,72,97)(H,73,100)(H,74,95)(H,75,99)(H,76,98)(H,77,96)(H,82,83)(H,84,85)(H,86,87)(H,88,89)(H,90,91)(H,102,103)/t33-,37-,38-,39-,40-,41-,42-,43-,44-,45-,46-,54-/m0/s1. The van der Waals surface area contributed by atoms with Crippen LogP contribution in [0.25, 0.3) is 0 Å². The Morgan fingerprint density at radius 1 is 0.485 bits per heavy atom. The van der Waals surface area contributed by atoms with E-state index >= 15 is 0 Å². The van der Waals surface area contributed by atoms with Gasteiger partial charge in [0.25, 0.3) is 0 Å². The average Bonchev–Trinajstić information content (AvgIpc) is 1.75. The van der Waals surface area contributed by atoms with Gasteiger partial charge in [-0.1, -0.05) is 76.6 Å². The summed E-state index contributed by atoms with van der Waals surface area (Å²) in [6.07, 6.45) is -8.34. The van der Waals surface area contributed by atoms with Crippen LogP contribution in [-0.2, 0) is 99.1 Å². The van der Waals surface area contributed by atoms with Crippen molar-refractivity contribution in [3.8, 4) is 5.75 Å². The number of aromatic hydroxyl groups is 1. The van der Waals surface area contributed by atoms with Gasteiger partial charge in [0.1, 0.15) is 66.2 Å². The first-order chi connectivity index (χ1) is 48.4. The van der Waals surface area contributed by atoms with Crippen LogP contribution in [0.15, 0.2) is 54.6 Å². The van der Waals surface area contributed by atoms with Gasteiger partial charge in [0.05, 0.1) is 25.4 Å². The Bertz CT molecular complexity index is 3390. The van der Waals surface area contributed by atoms with E-state index in [0.717, 1.165) is 4.90 Å². The van der Waals surface area contributed by atoms with E-state index in [9.17, 15) is 122 Å². The molecule has 12 atom stereocenters. The van der Waals surface area contributed by atoms with Crippen molar-refractivity contribution in [2.45, 2.75) is 197 Å². The van der Waals surface area contributed by atoms with Crippen LogP contribution in [0.2, 0.25) is 0 Å². The van der Waals surface area contributed by atoms with Crippen LogP contribution in [0.4, 0.5) is 0 Å². The highest BCUT2D eigenvalue weighted by molar-refractivity contribution is 6.00. The van der Waals surface area contributed by atoms with Crippen molar-refractivity contribution in [2.75, 3.05) is 13.1 Å². The summed E-state index contributed by atoms with van der Waals surface area (Å²) < 4.78 is 0. The third-order valence-electron chi connectivity index (χ3n) is 16.2. The smallest absolute Gasteiger partial charge is 0.326 e. The topological polar surface area (TPSA) is 624 Å². The van der Waals surface area contributed by atoms with E-state index in [2.05, 4.69) is 53.2 Å². The molecule has 3 rings (SSSR count). The van der Waals surface area contributed by atoms with E-state index < -0.39 is 256 Å². The number of carbonyl (C=O) groups is 18. The Kier molecular flexibility index (Phi) is 35.6.